The van der Waals surface area contributed by atoms with Crippen LogP contribution < -0.4 is 5.32 Å². The fourth-order valence-corrected chi connectivity index (χ4v) is 3.13. The van der Waals surface area contributed by atoms with Gasteiger partial charge in [0.05, 0.1) is 17.3 Å². The van der Waals surface area contributed by atoms with Crippen molar-refractivity contribution in [2.24, 2.45) is 0 Å². The third-order valence-corrected chi connectivity index (χ3v) is 4.26. The van der Waals surface area contributed by atoms with E-state index in [1.165, 1.54) is 6.07 Å². The molecule has 3 unspecified atom stereocenters. The molecule has 1 aromatic rings. The Morgan fingerprint density at radius 1 is 1.24 bits per heavy atom. The Morgan fingerprint density at radius 2 is 1.81 bits per heavy atom. The summed E-state index contributed by atoms with van der Waals surface area (Å²) in [6.45, 7) is 6.12. The lowest BCUT2D eigenvalue weighted by Crippen LogP contribution is -2.47. The lowest BCUT2D eigenvalue weighted by molar-refractivity contribution is -0.121. The number of rotatable bonds is 4. The number of nitrogens with zero attached hydrogens (tertiary/aromatic N) is 1. The summed E-state index contributed by atoms with van der Waals surface area (Å²) in [5, 5.41) is 11.9. The molecule has 5 heteroatoms. The van der Waals surface area contributed by atoms with Crippen LogP contribution in [0.4, 0.5) is 5.69 Å². The van der Waals surface area contributed by atoms with Crippen LogP contribution in [0.25, 0.3) is 0 Å². The van der Waals surface area contributed by atoms with Gasteiger partial charge in [0, 0.05) is 12.1 Å². The van der Waals surface area contributed by atoms with Crippen molar-refractivity contribution >= 4 is 17.6 Å². The van der Waals surface area contributed by atoms with E-state index in [0.29, 0.717) is 17.8 Å². The van der Waals surface area contributed by atoms with Gasteiger partial charge in [-0.3, -0.25) is 9.69 Å². The van der Waals surface area contributed by atoms with Crippen LogP contribution in [0.2, 0.25) is 0 Å². The number of nitrogens with one attached hydrogen (secondary N) is 1. The number of carboxylic acids is 1. The highest BCUT2D eigenvalue weighted by molar-refractivity contribution is 6.02. The SMILES string of the molecule is CC1CCC(C)N1C(C)C(=O)Nc1ccccc1C(=O)O. The van der Waals surface area contributed by atoms with E-state index in [1.807, 2.05) is 6.92 Å². The predicted octanol–water partition coefficient (Wildman–Crippen LogP) is 2.58. The number of para-hydroxylation sites is 1. The van der Waals surface area contributed by atoms with Gasteiger partial charge in [0.25, 0.3) is 0 Å². The number of anilines is 1. The number of likely N-dealkylation sites (tertiary alicyclic amines) is 1. The standard InChI is InChI=1S/C16H22N2O3/c1-10-8-9-11(2)18(10)12(3)15(19)17-14-7-5-4-6-13(14)16(20)21/h4-7,10-12H,8-9H2,1-3H3,(H,17,19)(H,20,21). The first-order valence-corrected chi connectivity index (χ1v) is 7.32. The first-order valence-electron chi connectivity index (χ1n) is 7.32. The molecular weight excluding hydrogens is 268 g/mol. The fourth-order valence-electron chi connectivity index (χ4n) is 3.13. The summed E-state index contributed by atoms with van der Waals surface area (Å²) in [6, 6.07) is 6.93. The van der Waals surface area contributed by atoms with Crippen molar-refractivity contribution in [2.75, 3.05) is 5.32 Å². The van der Waals surface area contributed by atoms with E-state index in [2.05, 4.69) is 24.1 Å². The van der Waals surface area contributed by atoms with Crippen LogP contribution in [0, 0.1) is 0 Å². The molecule has 0 bridgehead atoms. The maximum absolute atomic E-state index is 12.4. The van der Waals surface area contributed by atoms with Crippen molar-refractivity contribution in [1.82, 2.24) is 4.90 Å². The van der Waals surface area contributed by atoms with Crippen LogP contribution in [0.15, 0.2) is 24.3 Å². The molecule has 1 amide bonds. The molecule has 0 aromatic heterocycles. The van der Waals surface area contributed by atoms with E-state index < -0.39 is 5.97 Å². The molecule has 1 heterocycles. The minimum absolute atomic E-state index is 0.112. The summed E-state index contributed by atoms with van der Waals surface area (Å²) in [5.41, 5.74) is 0.460. The van der Waals surface area contributed by atoms with Crippen molar-refractivity contribution in [2.45, 2.75) is 51.7 Å². The van der Waals surface area contributed by atoms with E-state index in [0.717, 1.165) is 12.8 Å². The number of carboxylic acid groups (broad SMARTS) is 1. The number of carbonyl (C=O) groups excluding carboxylic acids is 1. The lowest BCUT2D eigenvalue weighted by atomic mass is 10.1. The van der Waals surface area contributed by atoms with Gasteiger partial charge in [0.15, 0.2) is 0 Å². The quantitative estimate of drug-likeness (QED) is 0.894. The summed E-state index contributed by atoms with van der Waals surface area (Å²) < 4.78 is 0. The van der Waals surface area contributed by atoms with Crippen molar-refractivity contribution < 1.29 is 14.7 Å². The maximum Gasteiger partial charge on any atom is 0.337 e. The third-order valence-electron chi connectivity index (χ3n) is 4.26. The smallest absolute Gasteiger partial charge is 0.337 e. The van der Waals surface area contributed by atoms with Crippen LogP contribution in [-0.4, -0.2) is 40.0 Å². The molecule has 1 saturated heterocycles. The molecule has 1 aliphatic heterocycles. The summed E-state index contributed by atoms with van der Waals surface area (Å²) in [6.07, 6.45) is 2.18. The average molecular weight is 290 g/mol. The fraction of sp³-hybridized carbons (Fsp3) is 0.500. The van der Waals surface area contributed by atoms with Gasteiger partial charge in [-0.25, -0.2) is 4.79 Å². The van der Waals surface area contributed by atoms with Gasteiger partial charge in [0.2, 0.25) is 5.91 Å². The highest BCUT2D eigenvalue weighted by Gasteiger charge is 2.34. The van der Waals surface area contributed by atoms with E-state index in [4.69, 9.17) is 5.11 Å². The molecule has 21 heavy (non-hydrogen) atoms. The second-order valence-corrected chi connectivity index (χ2v) is 5.74. The van der Waals surface area contributed by atoms with E-state index in [9.17, 15) is 9.59 Å². The van der Waals surface area contributed by atoms with Crippen molar-refractivity contribution in [1.29, 1.82) is 0 Å². The minimum atomic E-state index is -1.04. The van der Waals surface area contributed by atoms with Gasteiger partial charge in [-0.2, -0.15) is 0 Å². The predicted molar refractivity (Wildman–Crippen MR) is 81.5 cm³/mol. The van der Waals surface area contributed by atoms with Gasteiger partial charge >= 0.3 is 5.97 Å². The van der Waals surface area contributed by atoms with Crippen LogP contribution in [0.5, 0.6) is 0 Å². The highest BCUT2D eigenvalue weighted by Crippen LogP contribution is 2.26. The molecule has 0 saturated carbocycles. The summed E-state index contributed by atoms with van der Waals surface area (Å²) in [5.74, 6) is -1.20. The Bertz CT molecular complexity index is 534. The zero-order valence-electron chi connectivity index (χ0n) is 12.7. The third kappa shape index (κ3) is 3.24. The van der Waals surface area contributed by atoms with Gasteiger partial charge in [-0.15, -0.1) is 0 Å². The Labute approximate surface area is 125 Å². The maximum atomic E-state index is 12.4. The van der Waals surface area contributed by atoms with Gasteiger partial charge < -0.3 is 10.4 Å². The monoisotopic (exact) mass is 290 g/mol. The van der Waals surface area contributed by atoms with Crippen LogP contribution >= 0.6 is 0 Å². The number of benzene rings is 1. The number of hydrogen-bond donors (Lipinski definition) is 2. The van der Waals surface area contributed by atoms with Crippen LogP contribution in [0.3, 0.4) is 0 Å². The zero-order valence-corrected chi connectivity index (χ0v) is 12.7. The number of hydrogen-bond acceptors (Lipinski definition) is 3. The van der Waals surface area contributed by atoms with Gasteiger partial charge in [-0.05, 0) is 45.7 Å². The second kappa shape index (κ2) is 6.26. The molecule has 2 N–H and O–H groups in total. The van der Waals surface area contributed by atoms with E-state index in [1.54, 1.807) is 18.2 Å². The minimum Gasteiger partial charge on any atom is -0.478 e. The number of carbonyl (C=O) groups is 2. The molecule has 2 rings (SSSR count). The molecule has 0 spiro atoms. The molecule has 1 fully saturated rings. The van der Waals surface area contributed by atoms with Crippen molar-refractivity contribution in [3.05, 3.63) is 29.8 Å². The normalized spacial score (nSPS) is 23.8. The van der Waals surface area contributed by atoms with E-state index >= 15 is 0 Å². The summed E-state index contributed by atoms with van der Waals surface area (Å²) in [4.78, 5) is 25.8. The Balaban J connectivity index is 2.13. The Kier molecular flexibility index (Phi) is 4.63. The largest absolute Gasteiger partial charge is 0.478 e. The topological polar surface area (TPSA) is 69.6 Å². The molecule has 0 aliphatic carbocycles. The van der Waals surface area contributed by atoms with Crippen LogP contribution in [0.1, 0.15) is 44.0 Å². The van der Waals surface area contributed by atoms with Gasteiger partial charge in [-0.1, -0.05) is 12.1 Å². The van der Waals surface area contributed by atoms with Gasteiger partial charge in [0.1, 0.15) is 0 Å². The number of aromatic carboxylic acids is 1. The zero-order chi connectivity index (χ0) is 15.6. The second-order valence-electron chi connectivity index (χ2n) is 5.74. The van der Waals surface area contributed by atoms with Crippen LogP contribution in [-0.2, 0) is 4.79 Å². The molecule has 5 nitrogen and oxygen atoms in total. The van der Waals surface area contributed by atoms with Crippen molar-refractivity contribution in [3.8, 4) is 0 Å². The summed E-state index contributed by atoms with van der Waals surface area (Å²) >= 11 is 0. The van der Waals surface area contributed by atoms with Crippen molar-refractivity contribution in [3.63, 3.8) is 0 Å². The molecule has 1 aromatic carbocycles. The Morgan fingerprint density at radius 3 is 2.38 bits per heavy atom. The first-order chi connectivity index (χ1) is 9.91. The molecular formula is C16H22N2O3. The molecule has 0 radical (unpaired) electrons. The molecule has 114 valence electrons. The summed E-state index contributed by atoms with van der Waals surface area (Å²) in [7, 11) is 0. The molecule has 3 atom stereocenters. The average Bonchev–Trinajstić information content (AvgIpc) is 2.77. The van der Waals surface area contributed by atoms with E-state index in [-0.39, 0.29) is 17.5 Å². The number of amides is 1. The highest BCUT2D eigenvalue weighted by atomic mass is 16.4. The molecule has 1 aliphatic rings. The Hall–Kier alpha value is -1.88. The first kappa shape index (κ1) is 15.5. The lowest BCUT2D eigenvalue weighted by Gasteiger charge is -2.31.